The lowest BCUT2D eigenvalue weighted by Crippen LogP contribution is -2.30. The van der Waals surface area contributed by atoms with Crippen molar-refractivity contribution in [2.45, 2.75) is 32.6 Å². The van der Waals surface area contributed by atoms with Gasteiger partial charge in [0.05, 0.1) is 0 Å². The first-order valence-electron chi connectivity index (χ1n) is 9.98. The van der Waals surface area contributed by atoms with Crippen LogP contribution in [0.3, 0.4) is 0 Å². The average Bonchev–Trinajstić information content (AvgIpc) is 3.18. The number of nitrogens with zero attached hydrogens (tertiary/aromatic N) is 2. The van der Waals surface area contributed by atoms with E-state index >= 15 is 0 Å². The number of carbonyl (C=O) groups excluding carboxylic acids is 1. The van der Waals surface area contributed by atoms with Crippen LogP contribution in [-0.4, -0.2) is 24.9 Å². The molecule has 32 heavy (non-hydrogen) atoms. The number of aryl methyl sites for hydroxylation is 1. The molecule has 0 fully saturated rings. The standard InChI is InChI=1S/C24H22N2O5S/c1-15-9-12-17(13-10-15)32(28,29)31-26-21(22(27)24(2,3)4)23-25-20-18-8-6-5-7-16(18)11-14-19(20)30-23/h5-14H,1-4H3/b26-21+. The van der Waals surface area contributed by atoms with Gasteiger partial charge in [-0.3, -0.25) is 9.08 Å². The molecule has 0 amide bonds. The molecule has 0 unspecified atom stereocenters. The van der Waals surface area contributed by atoms with Crippen molar-refractivity contribution in [2.75, 3.05) is 0 Å². The van der Waals surface area contributed by atoms with Crippen LogP contribution in [0.15, 0.2) is 75.1 Å². The van der Waals surface area contributed by atoms with Crippen molar-refractivity contribution in [1.82, 2.24) is 4.98 Å². The van der Waals surface area contributed by atoms with Crippen molar-refractivity contribution < 1.29 is 21.9 Å². The molecule has 164 valence electrons. The number of hydrogen-bond acceptors (Lipinski definition) is 7. The van der Waals surface area contributed by atoms with Crippen molar-refractivity contribution in [3.8, 4) is 0 Å². The number of ketones is 1. The second-order valence-electron chi connectivity index (χ2n) is 8.51. The van der Waals surface area contributed by atoms with Crippen LogP contribution in [0.2, 0.25) is 0 Å². The van der Waals surface area contributed by atoms with Crippen LogP contribution in [0.25, 0.3) is 21.9 Å². The molecule has 0 spiro atoms. The topological polar surface area (TPSA) is 98.8 Å². The Morgan fingerprint density at radius 1 is 1.00 bits per heavy atom. The summed E-state index contributed by atoms with van der Waals surface area (Å²) in [5.41, 5.74) is 0.727. The van der Waals surface area contributed by atoms with Gasteiger partial charge in [0.1, 0.15) is 10.4 Å². The van der Waals surface area contributed by atoms with E-state index in [1.54, 1.807) is 39.0 Å². The average molecular weight is 451 g/mol. The zero-order chi connectivity index (χ0) is 23.1. The predicted octanol–water partition coefficient (Wildman–Crippen LogP) is 5.01. The highest BCUT2D eigenvalue weighted by Gasteiger charge is 2.32. The van der Waals surface area contributed by atoms with E-state index in [1.807, 2.05) is 37.3 Å². The first-order chi connectivity index (χ1) is 15.1. The quantitative estimate of drug-likeness (QED) is 0.313. The van der Waals surface area contributed by atoms with Gasteiger partial charge in [0.2, 0.25) is 5.71 Å². The number of aromatic nitrogens is 1. The summed E-state index contributed by atoms with van der Waals surface area (Å²) >= 11 is 0. The summed E-state index contributed by atoms with van der Waals surface area (Å²) in [4.78, 5) is 17.5. The fourth-order valence-corrected chi connectivity index (χ4v) is 3.86. The third-order valence-electron chi connectivity index (χ3n) is 4.92. The van der Waals surface area contributed by atoms with Gasteiger partial charge in [-0.15, -0.1) is 0 Å². The van der Waals surface area contributed by atoms with Crippen LogP contribution < -0.4 is 0 Å². The molecule has 0 bridgehead atoms. The molecule has 0 saturated carbocycles. The first kappa shape index (κ1) is 21.7. The van der Waals surface area contributed by atoms with Crippen LogP contribution in [0.1, 0.15) is 32.2 Å². The number of oxime groups is 1. The maximum atomic E-state index is 13.1. The number of oxazole rings is 1. The molecule has 0 N–H and O–H groups in total. The Hall–Kier alpha value is -3.52. The molecule has 0 aliphatic rings. The molecule has 7 nitrogen and oxygen atoms in total. The number of carbonyl (C=O) groups is 1. The van der Waals surface area contributed by atoms with Crippen LogP contribution in [-0.2, 0) is 19.2 Å². The van der Waals surface area contributed by atoms with Crippen LogP contribution >= 0.6 is 0 Å². The molecule has 0 aliphatic carbocycles. The molecule has 3 aromatic carbocycles. The lowest BCUT2D eigenvalue weighted by Gasteiger charge is -2.15. The number of rotatable bonds is 5. The van der Waals surface area contributed by atoms with Crippen LogP contribution in [0.4, 0.5) is 0 Å². The van der Waals surface area contributed by atoms with Gasteiger partial charge in [-0.05, 0) is 30.5 Å². The lowest BCUT2D eigenvalue weighted by molar-refractivity contribution is -0.119. The minimum atomic E-state index is -4.23. The summed E-state index contributed by atoms with van der Waals surface area (Å²) < 4.78 is 35.9. The van der Waals surface area contributed by atoms with Gasteiger partial charge in [0, 0.05) is 10.8 Å². The van der Waals surface area contributed by atoms with Crippen molar-refractivity contribution in [2.24, 2.45) is 10.6 Å². The van der Waals surface area contributed by atoms with E-state index in [4.69, 9.17) is 8.70 Å². The Kier molecular flexibility index (Phi) is 5.34. The molecule has 1 aromatic heterocycles. The molecule has 0 aliphatic heterocycles. The zero-order valence-electron chi connectivity index (χ0n) is 18.1. The number of hydrogen-bond donors (Lipinski definition) is 0. The van der Waals surface area contributed by atoms with Crippen molar-refractivity contribution >= 4 is 43.5 Å². The Balaban J connectivity index is 1.82. The van der Waals surface area contributed by atoms with E-state index in [-0.39, 0.29) is 16.5 Å². The van der Waals surface area contributed by atoms with E-state index < -0.39 is 21.3 Å². The van der Waals surface area contributed by atoms with Crippen LogP contribution in [0.5, 0.6) is 0 Å². The molecule has 0 radical (unpaired) electrons. The van der Waals surface area contributed by atoms with Gasteiger partial charge in [-0.1, -0.05) is 74.0 Å². The van der Waals surface area contributed by atoms with Gasteiger partial charge < -0.3 is 4.42 Å². The van der Waals surface area contributed by atoms with Crippen molar-refractivity contribution in [1.29, 1.82) is 0 Å². The summed E-state index contributed by atoms with van der Waals surface area (Å²) in [5.74, 6) is -0.567. The highest BCUT2D eigenvalue weighted by molar-refractivity contribution is 7.86. The summed E-state index contributed by atoms with van der Waals surface area (Å²) in [6.45, 7) is 6.92. The van der Waals surface area contributed by atoms with Gasteiger partial charge in [-0.25, -0.2) is 4.98 Å². The van der Waals surface area contributed by atoms with E-state index in [0.717, 1.165) is 16.3 Å². The molecular weight excluding hydrogens is 428 g/mol. The minimum Gasteiger partial charge on any atom is -0.434 e. The normalized spacial score (nSPS) is 12.9. The van der Waals surface area contributed by atoms with Gasteiger partial charge in [0.15, 0.2) is 11.4 Å². The second kappa shape index (κ2) is 7.87. The monoisotopic (exact) mass is 450 g/mol. The fraction of sp³-hybridized carbons (Fsp3) is 0.208. The predicted molar refractivity (Wildman–Crippen MR) is 122 cm³/mol. The Labute approximate surface area is 185 Å². The highest BCUT2D eigenvalue weighted by Crippen LogP contribution is 2.27. The van der Waals surface area contributed by atoms with E-state index in [2.05, 4.69) is 10.1 Å². The largest absolute Gasteiger partial charge is 0.434 e. The number of benzene rings is 3. The number of Topliss-reactive ketones (excluding diaryl/α,β-unsaturated/α-hetero) is 1. The van der Waals surface area contributed by atoms with E-state index in [0.29, 0.717) is 11.1 Å². The van der Waals surface area contributed by atoms with E-state index in [9.17, 15) is 13.2 Å². The fourth-order valence-electron chi connectivity index (χ4n) is 3.13. The SMILES string of the molecule is Cc1ccc(S(=O)(=O)O/N=C(\C(=O)C(C)(C)C)c2nc3c(ccc4ccccc43)o2)cc1. The maximum absolute atomic E-state index is 13.1. The smallest absolute Gasteiger partial charge is 0.358 e. The van der Waals surface area contributed by atoms with Gasteiger partial charge >= 0.3 is 10.1 Å². The minimum absolute atomic E-state index is 0.0713. The molecule has 0 saturated heterocycles. The molecule has 8 heteroatoms. The molecular formula is C24H22N2O5S. The van der Waals surface area contributed by atoms with Crippen molar-refractivity contribution in [3.05, 3.63) is 72.1 Å². The Morgan fingerprint density at radius 3 is 2.38 bits per heavy atom. The number of fused-ring (bicyclic) bond motifs is 3. The van der Waals surface area contributed by atoms with Crippen LogP contribution in [0, 0.1) is 12.3 Å². The van der Waals surface area contributed by atoms with Crippen molar-refractivity contribution in [3.63, 3.8) is 0 Å². The molecule has 1 heterocycles. The Morgan fingerprint density at radius 2 is 1.69 bits per heavy atom. The second-order valence-corrected chi connectivity index (χ2v) is 10.0. The first-order valence-corrected chi connectivity index (χ1v) is 11.4. The van der Waals surface area contributed by atoms with E-state index in [1.165, 1.54) is 12.1 Å². The molecule has 4 rings (SSSR count). The van der Waals surface area contributed by atoms with Gasteiger partial charge in [0.25, 0.3) is 5.89 Å². The summed E-state index contributed by atoms with van der Waals surface area (Å²) in [6, 6.07) is 17.4. The summed E-state index contributed by atoms with van der Waals surface area (Å²) in [5, 5.41) is 5.53. The summed E-state index contributed by atoms with van der Waals surface area (Å²) in [6.07, 6.45) is 0. The Bertz CT molecular complexity index is 1460. The molecule has 4 aromatic rings. The highest BCUT2D eigenvalue weighted by atomic mass is 32.2. The van der Waals surface area contributed by atoms with Gasteiger partial charge in [-0.2, -0.15) is 8.42 Å². The zero-order valence-corrected chi connectivity index (χ0v) is 18.9. The third kappa shape index (κ3) is 4.13. The maximum Gasteiger partial charge on any atom is 0.358 e. The summed E-state index contributed by atoms with van der Waals surface area (Å²) in [7, 11) is -4.23. The third-order valence-corrected chi connectivity index (χ3v) is 6.04. The lowest BCUT2D eigenvalue weighted by atomic mass is 9.88. The molecule has 0 atom stereocenters.